The zero-order chi connectivity index (χ0) is 13.0. The molecule has 1 aliphatic rings. The van der Waals surface area contributed by atoms with Gasteiger partial charge in [0.05, 0.1) is 11.5 Å². The maximum atomic E-state index is 10.8. The average Bonchev–Trinajstić information content (AvgIpc) is 2.75. The molecule has 0 aliphatic carbocycles. The molecule has 0 saturated heterocycles. The van der Waals surface area contributed by atoms with E-state index in [9.17, 15) is 10.1 Å². The molecule has 1 unspecified atom stereocenters. The molecule has 0 aromatic heterocycles. The van der Waals surface area contributed by atoms with Crippen molar-refractivity contribution in [2.24, 2.45) is 4.99 Å². The first-order valence-electron chi connectivity index (χ1n) is 5.94. The predicted octanol–water partition coefficient (Wildman–Crippen LogP) is 1.07. The Labute approximate surface area is 105 Å². The van der Waals surface area contributed by atoms with Crippen LogP contribution in [0.15, 0.2) is 29.3 Å². The number of benzene rings is 1. The molecule has 2 N–H and O–H groups in total. The van der Waals surface area contributed by atoms with Gasteiger partial charge in [-0.1, -0.05) is 18.2 Å². The van der Waals surface area contributed by atoms with Gasteiger partial charge in [-0.2, -0.15) is 0 Å². The maximum Gasteiger partial charge on any atom is 0.272 e. The fraction of sp³-hybridized carbons (Fsp3) is 0.417. The average molecular weight is 248 g/mol. The van der Waals surface area contributed by atoms with Crippen LogP contribution in [0.5, 0.6) is 0 Å². The Morgan fingerprint density at radius 1 is 1.56 bits per heavy atom. The van der Waals surface area contributed by atoms with Gasteiger partial charge in [-0.25, -0.2) is 0 Å². The number of nitro groups is 1. The van der Waals surface area contributed by atoms with E-state index in [4.69, 9.17) is 0 Å². The van der Waals surface area contributed by atoms with Crippen LogP contribution >= 0.6 is 0 Å². The van der Waals surface area contributed by atoms with Gasteiger partial charge in [0.1, 0.15) is 0 Å². The molecule has 1 heterocycles. The fourth-order valence-electron chi connectivity index (χ4n) is 1.88. The minimum Gasteiger partial charge on any atom is -0.356 e. The molecule has 0 amide bonds. The van der Waals surface area contributed by atoms with Gasteiger partial charge in [-0.05, 0) is 13.3 Å². The third-order valence-corrected chi connectivity index (χ3v) is 2.78. The van der Waals surface area contributed by atoms with E-state index in [1.54, 1.807) is 12.1 Å². The zero-order valence-corrected chi connectivity index (χ0v) is 10.2. The molecule has 6 heteroatoms. The summed E-state index contributed by atoms with van der Waals surface area (Å²) in [6.45, 7) is 3.46. The zero-order valence-electron chi connectivity index (χ0n) is 10.2. The Kier molecular flexibility index (Phi) is 3.76. The van der Waals surface area contributed by atoms with Gasteiger partial charge in [-0.15, -0.1) is 0 Å². The Balaban J connectivity index is 1.89. The van der Waals surface area contributed by atoms with Crippen LogP contribution in [0.1, 0.15) is 12.5 Å². The Hall–Kier alpha value is -2.11. The first-order valence-corrected chi connectivity index (χ1v) is 5.94. The van der Waals surface area contributed by atoms with Crippen LogP contribution < -0.4 is 10.6 Å². The number of hydrogen-bond acceptors (Lipinski definition) is 5. The summed E-state index contributed by atoms with van der Waals surface area (Å²) >= 11 is 0. The molecule has 6 nitrogen and oxygen atoms in total. The first kappa shape index (κ1) is 12.3. The Morgan fingerprint density at radius 3 is 3.00 bits per heavy atom. The second-order valence-corrected chi connectivity index (χ2v) is 4.30. The third-order valence-electron chi connectivity index (χ3n) is 2.78. The van der Waals surface area contributed by atoms with Crippen molar-refractivity contribution in [1.82, 2.24) is 10.6 Å². The van der Waals surface area contributed by atoms with Crippen LogP contribution in [-0.2, 0) is 6.42 Å². The third kappa shape index (κ3) is 2.97. The second kappa shape index (κ2) is 5.48. The lowest BCUT2D eigenvalue weighted by molar-refractivity contribution is -0.385. The van der Waals surface area contributed by atoms with E-state index in [0.717, 1.165) is 18.1 Å². The number of hydrogen-bond donors (Lipinski definition) is 2. The van der Waals surface area contributed by atoms with Gasteiger partial charge in [0.2, 0.25) is 0 Å². The summed E-state index contributed by atoms with van der Waals surface area (Å²) in [7, 11) is 0. The van der Waals surface area contributed by atoms with E-state index in [1.807, 2.05) is 6.07 Å². The number of guanidine groups is 1. The molecule has 1 aromatic carbocycles. The lowest BCUT2D eigenvalue weighted by Gasteiger charge is -2.08. The van der Waals surface area contributed by atoms with Gasteiger partial charge < -0.3 is 10.6 Å². The lowest BCUT2D eigenvalue weighted by Crippen LogP contribution is -2.38. The molecule has 2 rings (SSSR count). The van der Waals surface area contributed by atoms with Crippen molar-refractivity contribution in [3.63, 3.8) is 0 Å². The molecular weight excluding hydrogens is 232 g/mol. The van der Waals surface area contributed by atoms with Crippen LogP contribution in [0.2, 0.25) is 0 Å². The van der Waals surface area contributed by atoms with Crippen LogP contribution in [0.25, 0.3) is 0 Å². The number of rotatable bonds is 4. The molecule has 0 radical (unpaired) electrons. The summed E-state index contributed by atoms with van der Waals surface area (Å²) in [5.74, 6) is 0.779. The molecule has 1 aliphatic heterocycles. The van der Waals surface area contributed by atoms with Crippen molar-refractivity contribution in [2.45, 2.75) is 19.4 Å². The van der Waals surface area contributed by atoms with E-state index >= 15 is 0 Å². The van der Waals surface area contributed by atoms with Crippen LogP contribution in [0.4, 0.5) is 5.69 Å². The summed E-state index contributed by atoms with van der Waals surface area (Å²) in [5.41, 5.74) is 0.913. The molecule has 0 spiro atoms. The van der Waals surface area contributed by atoms with Crippen molar-refractivity contribution in [1.29, 1.82) is 0 Å². The highest BCUT2D eigenvalue weighted by atomic mass is 16.6. The van der Waals surface area contributed by atoms with E-state index in [1.165, 1.54) is 6.07 Å². The number of nitrogens with zero attached hydrogens (tertiary/aromatic N) is 2. The van der Waals surface area contributed by atoms with E-state index < -0.39 is 0 Å². The minimum atomic E-state index is -0.345. The fourth-order valence-corrected chi connectivity index (χ4v) is 1.88. The van der Waals surface area contributed by atoms with Crippen LogP contribution in [-0.4, -0.2) is 30.0 Å². The van der Waals surface area contributed by atoms with Gasteiger partial charge in [0, 0.05) is 24.2 Å². The van der Waals surface area contributed by atoms with Gasteiger partial charge >= 0.3 is 0 Å². The normalized spacial score (nSPS) is 18.1. The summed E-state index contributed by atoms with van der Waals surface area (Å²) in [5, 5.41) is 17.2. The quantitative estimate of drug-likeness (QED) is 0.617. The number of aliphatic imine (C=N–C) groups is 1. The van der Waals surface area contributed by atoms with Crippen molar-refractivity contribution in [2.75, 3.05) is 13.1 Å². The molecular formula is C12H16N4O2. The summed E-state index contributed by atoms with van der Waals surface area (Å²) in [6.07, 6.45) is 0.603. The van der Waals surface area contributed by atoms with Crippen LogP contribution in [0.3, 0.4) is 0 Å². The highest BCUT2D eigenvalue weighted by Gasteiger charge is 2.14. The topological polar surface area (TPSA) is 79.6 Å². The van der Waals surface area contributed by atoms with Crippen LogP contribution in [0, 0.1) is 10.1 Å². The largest absolute Gasteiger partial charge is 0.356 e. The Bertz CT molecular complexity index is 473. The second-order valence-electron chi connectivity index (χ2n) is 4.30. The smallest absolute Gasteiger partial charge is 0.272 e. The van der Waals surface area contributed by atoms with Gasteiger partial charge in [-0.3, -0.25) is 15.1 Å². The maximum absolute atomic E-state index is 10.8. The molecule has 18 heavy (non-hydrogen) atoms. The van der Waals surface area contributed by atoms with E-state index in [2.05, 4.69) is 22.5 Å². The van der Waals surface area contributed by atoms with Crippen molar-refractivity contribution < 1.29 is 4.92 Å². The molecule has 0 saturated carbocycles. The van der Waals surface area contributed by atoms with E-state index in [-0.39, 0.29) is 10.6 Å². The minimum absolute atomic E-state index is 0.175. The summed E-state index contributed by atoms with van der Waals surface area (Å²) in [6, 6.07) is 7.17. The monoisotopic (exact) mass is 248 g/mol. The Morgan fingerprint density at radius 2 is 2.33 bits per heavy atom. The predicted molar refractivity (Wildman–Crippen MR) is 69.7 cm³/mol. The standard InChI is InChI=1S/C12H16N4O2/c1-9-8-14-12(15-9)13-7-6-10-4-2-3-5-11(10)16(17)18/h2-5,9H,6-8H2,1H3,(H2,13,14,15). The molecule has 1 aromatic rings. The van der Waals surface area contributed by atoms with E-state index in [0.29, 0.717) is 19.0 Å². The summed E-state index contributed by atoms with van der Waals surface area (Å²) in [4.78, 5) is 14.8. The molecule has 0 bridgehead atoms. The van der Waals surface area contributed by atoms with Gasteiger partial charge in [0.15, 0.2) is 5.96 Å². The van der Waals surface area contributed by atoms with Crippen molar-refractivity contribution >= 4 is 11.6 Å². The number of para-hydroxylation sites is 1. The number of nitrogens with one attached hydrogen (secondary N) is 2. The number of nitro benzene ring substituents is 1. The SMILES string of the molecule is CC1CN=C(NCCc2ccccc2[N+](=O)[O-])N1. The van der Waals surface area contributed by atoms with Gasteiger partial charge in [0.25, 0.3) is 5.69 Å². The first-order chi connectivity index (χ1) is 8.66. The highest BCUT2D eigenvalue weighted by molar-refractivity contribution is 5.81. The van der Waals surface area contributed by atoms with Crippen molar-refractivity contribution in [3.05, 3.63) is 39.9 Å². The van der Waals surface area contributed by atoms with Crippen molar-refractivity contribution in [3.8, 4) is 0 Å². The molecule has 1 atom stereocenters. The lowest BCUT2D eigenvalue weighted by atomic mass is 10.1. The highest BCUT2D eigenvalue weighted by Crippen LogP contribution is 2.17. The molecule has 96 valence electrons. The molecule has 0 fully saturated rings. The summed E-state index contributed by atoms with van der Waals surface area (Å²) < 4.78 is 0.